The van der Waals surface area contributed by atoms with Crippen molar-refractivity contribution < 1.29 is 18.3 Å². The van der Waals surface area contributed by atoms with E-state index in [-0.39, 0.29) is 25.1 Å². The van der Waals surface area contributed by atoms with Gasteiger partial charge in [0.2, 0.25) is 0 Å². The first-order valence-electron chi connectivity index (χ1n) is 5.83. The summed E-state index contributed by atoms with van der Waals surface area (Å²) < 4.78 is 38.2. The molecule has 3 nitrogen and oxygen atoms in total. The van der Waals surface area contributed by atoms with Crippen LogP contribution >= 0.6 is 0 Å². The van der Waals surface area contributed by atoms with Crippen LogP contribution in [0.2, 0.25) is 0 Å². The molecule has 1 aromatic rings. The van der Waals surface area contributed by atoms with Gasteiger partial charge in [-0.1, -0.05) is 6.07 Å². The zero-order chi connectivity index (χ0) is 13.4. The highest BCUT2D eigenvalue weighted by atomic mass is 19.4. The molecule has 2 unspecified atom stereocenters. The Labute approximate surface area is 103 Å². The van der Waals surface area contributed by atoms with Crippen molar-refractivity contribution in [3.8, 4) is 0 Å². The highest BCUT2D eigenvalue weighted by molar-refractivity contribution is 5.43. The monoisotopic (exact) mass is 260 g/mol. The third kappa shape index (κ3) is 2.43. The number of rotatable bonds is 1. The van der Waals surface area contributed by atoms with E-state index in [2.05, 4.69) is 4.98 Å². The predicted octanol–water partition coefficient (Wildman–Crippen LogP) is 2.60. The van der Waals surface area contributed by atoms with E-state index in [0.29, 0.717) is 12.0 Å². The Bertz CT molecular complexity index is 436. The summed E-state index contributed by atoms with van der Waals surface area (Å²) in [5, 5.41) is 10.4. The number of nitrogen functional groups attached to an aromatic ring is 1. The molecule has 0 aromatic carbocycles. The molecular formula is C12H15F3N2O. The van der Waals surface area contributed by atoms with Crippen LogP contribution in [-0.4, -0.2) is 16.3 Å². The molecule has 1 aliphatic rings. The van der Waals surface area contributed by atoms with Crippen LogP contribution in [0.5, 0.6) is 0 Å². The highest BCUT2D eigenvalue weighted by Crippen LogP contribution is 2.46. The molecule has 1 aromatic heterocycles. The molecule has 18 heavy (non-hydrogen) atoms. The maximum absolute atomic E-state index is 12.7. The number of pyridine rings is 1. The van der Waals surface area contributed by atoms with E-state index in [9.17, 15) is 18.3 Å². The summed E-state index contributed by atoms with van der Waals surface area (Å²) in [7, 11) is 0. The fraction of sp³-hybridized carbons (Fsp3) is 0.583. The van der Waals surface area contributed by atoms with Gasteiger partial charge in [-0.2, -0.15) is 13.2 Å². The topological polar surface area (TPSA) is 59.1 Å². The number of aliphatic hydroxyl groups is 1. The zero-order valence-electron chi connectivity index (χ0n) is 9.74. The van der Waals surface area contributed by atoms with E-state index in [0.717, 1.165) is 0 Å². The van der Waals surface area contributed by atoms with Crippen molar-refractivity contribution in [1.82, 2.24) is 4.98 Å². The summed E-state index contributed by atoms with van der Waals surface area (Å²) in [6.45, 7) is 0. The first kappa shape index (κ1) is 13.1. The molecule has 2 rings (SSSR count). The van der Waals surface area contributed by atoms with E-state index >= 15 is 0 Å². The lowest BCUT2D eigenvalue weighted by molar-refractivity contribution is -0.201. The van der Waals surface area contributed by atoms with Crippen molar-refractivity contribution in [2.24, 2.45) is 5.92 Å². The van der Waals surface area contributed by atoms with Crippen LogP contribution in [0.4, 0.5) is 19.0 Å². The molecule has 0 radical (unpaired) electrons. The molecule has 2 atom stereocenters. The second kappa shape index (κ2) is 4.42. The molecule has 6 heteroatoms. The number of aromatic nitrogens is 1. The molecule has 1 saturated carbocycles. The maximum Gasteiger partial charge on any atom is 0.391 e. The number of hydrogen-bond acceptors (Lipinski definition) is 3. The van der Waals surface area contributed by atoms with Crippen LogP contribution in [0.3, 0.4) is 0 Å². The molecule has 1 aliphatic carbocycles. The smallest absolute Gasteiger partial charge is 0.385 e. The number of halogens is 3. The number of hydrogen-bond donors (Lipinski definition) is 2. The number of nitrogens with zero attached hydrogens (tertiary/aromatic N) is 1. The van der Waals surface area contributed by atoms with Crippen molar-refractivity contribution in [2.45, 2.75) is 37.5 Å². The lowest BCUT2D eigenvalue weighted by Crippen LogP contribution is -2.39. The molecule has 1 fully saturated rings. The Morgan fingerprint density at radius 2 is 2.17 bits per heavy atom. The van der Waals surface area contributed by atoms with Gasteiger partial charge in [0, 0.05) is 11.8 Å². The highest BCUT2D eigenvalue weighted by Gasteiger charge is 2.48. The zero-order valence-corrected chi connectivity index (χ0v) is 9.74. The largest absolute Gasteiger partial charge is 0.391 e. The van der Waals surface area contributed by atoms with E-state index in [1.54, 1.807) is 12.1 Å². The van der Waals surface area contributed by atoms with Gasteiger partial charge in [0.25, 0.3) is 0 Å². The average Bonchev–Trinajstić information content (AvgIpc) is 2.28. The maximum atomic E-state index is 12.7. The molecule has 3 N–H and O–H groups in total. The van der Waals surface area contributed by atoms with Crippen molar-refractivity contribution in [3.05, 3.63) is 23.9 Å². The molecule has 100 valence electrons. The summed E-state index contributed by atoms with van der Waals surface area (Å²) in [6, 6.07) is 3.11. The fourth-order valence-electron chi connectivity index (χ4n) is 2.59. The quantitative estimate of drug-likeness (QED) is 0.816. The predicted molar refractivity (Wildman–Crippen MR) is 60.6 cm³/mol. The minimum Gasteiger partial charge on any atom is -0.385 e. The molecular weight excluding hydrogens is 245 g/mol. The Kier molecular flexibility index (Phi) is 3.23. The van der Waals surface area contributed by atoms with Gasteiger partial charge in [-0.15, -0.1) is 0 Å². The normalized spacial score (nSPS) is 29.2. The van der Waals surface area contributed by atoms with E-state index in [1.807, 2.05) is 0 Å². The summed E-state index contributed by atoms with van der Waals surface area (Å²) in [4.78, 5) is 3.82. The van der Waals surface area contributed by atoms with Crippen LogP contribution in [0.1, 0.15) is 31.2 Å². The lowest BCUT2D eigenvalue weighted by atomic mass is 9.74. The van der Waals surface area contributed by atoms with Crippen molar-refractivity contribution in [2.75, 3.05) is 5.73 Å². The minimum atomic E-state index is -4.27. The van der Waals surface area contributed by atoms with Crippen LogP contribution in [-0.2, 0) is 5.60 Å². The summed E-state index contributed by atoms with van der Waals surface area (Å²) in [5.74, 6) is -1.38. The first-order chi connectivity index (χ1) is 8.33. The summed E-state index contributed by atoms with van der Waals surface area (Å²) >= 11 is 0. The van der Waals surface area contributed by atoms with Gasteiger partial charge < -0.3 is 10.8 Å². The number of nitrogens with two attached hydrogens (primary N) is 1. The third-order valence-electron chi connectivity index (χ3n) is 3.53. The van der Waals surface area contributed by atoms with Crippen molar-refractivity contribution in [3.63, 3.8) is 0 Å². The van der Waals surface area contributed by atoms with E-state index < -0.39 is 17.7 Å². The third-order valence-corrected chi connectivity index (χ3v) is 3.53. The lowest BCUT2D eigenvalue weighted by Gasteiger charge is -2.38. The standard InChI is InChI=1S/C12H15F3N2O/c13-12(14,15)8-3-1-5-11(18,7-8)9-4-2-6-17-10(9)16/h2,4,6,8,18H,1,3,5,7H2,(H2,16,17). The number of anilines is 1. The number of alkyl halides is 3. The minimum absolute atomic E-state index is 0.0615. The second-order valence-corrected chi connectivity index (χ2v) is 4.80. The van der Waals surface area contributed by atoms with E-state index in [1.165, 1.54) is 6.20 Å². The molecule has 1 heterocycles. The molecule has 0 spiro atoms. The van der Waals surface area contributed by atoms with Crippen LogP contribution in [0.25, 0.3) is 0 Å². The Morgan fingerprint density at radius 1 is 1.44 bits per heavy atom. The molecule has 0 aliphatic heterocycles. The molecule has 0 saturated heterocycles. The summed E-state index contributed by atoms with van der Waals surface area (Å²) in [6.07, 6.45) is -2.49. The fourth-order valence-corrected chi connectivity index (χ4v) is 2.59. The van der Waals surface area contributed by atoms with Crippen LogP contribution < -0.4 is 5.73 Å². The van der Waals surface area contributed by atoms with Crippen LogP contribution in [0.15, 0.2) is 18.3 Å². The van der Waals surface area contributed by atoms with Gasteiger partial charge in [0.15, 0.2) is 0 Å². The van der Waals surface area contributed by atoms with Crippen molar-refractivity contribution >= 4 is 5.82 Å². The molecule has 0 bridgehead atoms. The average molecular weight is 260 g/mol. The molecule has 0 amide bonds. The van der Waals surface area contributed by atoms with Crippen LogP contribution in [0, 0.1) is 5.92 Å². The second-order valence-electron chi connectivity index (χ2n) is 4.80. The first-order valence-corrected chi connectivity index (χ1v) is 5.83. The van der Waals surface area contributed by atoms with E-state index in [4.69, 9.17) is 5.73 Å². The summed E-state index contributed by atoms with van der Waals surface area (Å²) in [5.41, 5.74) is 4.43. The van der Waals surface area contributed by atoms with Gasteiger partial charge in [-0.05, 0) is 31.7 Å². The Hall–Kier alpha value is -1.30. The van der Waals surface area contributed by atoms with Gasteiger partial charge in [0.05, 0.1) is 11.5 Å². The SMILES string of the molecule is Nc1ncccc1C1(O)CCCC(C(F)(F)F)C1. The van der Waals surface area contributed by atoms with Gasteiger partial charge >= 0.3 is 6.18 Å². The van der Waals surface area contributed by atoms with Crippen molar-refractivity contribution in [1.29, 1.82) is 0 Å². The van der Waals surface area contributed by atoms with Gasteiger partial charge in [0.1, 0.15) is 5.82 Å². The van der Waals surface area contributed by atoms with Gasteiger partial charge in [-0.25, -0.2) is 4.98 Å². The Balaban J connectivity index is 2.29. The Morgan fingerprint density at radius 3 is 2.78 bits per heavy atom. The van der Waals surface area contributed by atoms with Gasteiger partial charge in [-0.3, -0.25) is 0 Å².